The summed E-state index contributed by atoms with van der Waals surface area (Å²) in [6.45, 7) is 9.93. The molecule has 28 heavy (non-hydrogen) atoms. The van der Waals surface area contributed by atoms with Crippen molar-refractivity contribution in [3.05, 3.63) is 29.8 Å². The number of hydrogen-bond acceptors (Lipinski definition) is 4. The van der Waals surface area contributed by atoms with Gasteiger partial charge in [-0.1, -0.05) is 64.4 Å². The largest absolute Gasteiger partial charge is 0.326 e. The van der Waals surface area contributed by atoms with Crippen molar-refractivity contribution < 1.29 is 9.59 Å². The number of rotatable bonds is 10. The predicted octanol–water partition coefficient (Wildman–Crippen LogP) is 5.04. The number of hydrogen-bond donors (Lipinski definition) is 1. The van der Waals surface area contributed by atoms with E-state index < -0.39 is 0 Å². The fourth-order valence-electron chi connectivity index (χ4n) is 2.95. The number of nitrogens with zero attached hydrogens (tertiary/aromatic N) is 2. The lowest BCUT2D eigenvalue weighted by Crippen LogP contribution is -2.34. The van der Waals surface area contributed by atoms with Crippen LogP contribution in [0.3, 0.4) is 0 Å². The molecule has 0 saturated carbocycles. The highest BCUT2D eigenvalue weighted by atomic mass is 32.2. The van der Waals surface area contributed by atoms with Crippen LogP contribution in [0, 0.1) is 0 Å². The first kappa shape index (κ1) is 22.5. The van der Waals surface area contributed by atoms with Crippen molar-refractivity contribution in [1.82, 2.24) is 4.90 Å². The van der Waals surface area contributed by atoms with E-state index in [2.05, 4.69) is 38.0 Å². The summed E-state index contributed by atoms with van der Waals surface area (Å²) in [7, 11) is 0. The lowest BCUT2D eigenvalue weighted by atomic mass is 10.0. The Labute approximate surface area is 173 Å². The Morgan fingerprint density at radius 3 is 2.46 bits per heavy atom. The van der Waals surface area contributed by atoms with E-state index in [4.69, 9.17) is 0 Å². The maximum absolute atomic E-state index is 12.8. The van der Waals surface area contributed by atoms with Crippen LogP contribution in [0.25, 0.3) is 0 Å². The molecule has 1 saturated heterocycles. The maximum Gasteiger partial charge on any atom is 0.242 e. The van der Waals surface area contributed by atoms with Gasteiger partial charge in [0, 0.05) is 25.2 Å². The van der Waals surface area contributed by atoms with Gasteiger partial charge in [0.05, 0.1) is 0 Å². The average Bonchev–Trinajstić information content (AvgIpc) is 2.95. The molecule has 2 rings (SSSR count). The fourth-order valence-corrected chi connectivity index (χ4v) is 4.14. The van der Waals surface area contributed by atoms with E-state index >= 15 is 0 Å². The lowest BCUT2D eigenvalue weighted by Gasteiger charge is -2.16. The molecule has 1 N–H and O–H groups in total. The minimum atomic E-state index is -0.382. The minimum Gasteiger partial charge on any atom is -0.326 e. The Hall–Kier alpha value is -1.82. The van der Waals surface area contributed by atoms with Gasteiger partial charge in [-0.2, -0.15) is 0 Å². The van der Waals surface area contributed by atoms with Crippen LogP contribution in [0.2, 0.25) is 0 Å². The molecule has 1 atom stereocenters. The minimum absolute atomic E-state index is 0.0130. The van der Waals surface area contributed by atoms with Gasteiger partial charge in [-0.05, 0) is 36.5 Å². The van der Waals surface area contributed by atoms with Crippen LogP contribution in [-0.4, -0.2) is 40.2 Å². The first-order chi connectivity index (χ1) is 13.5. The van der Waals surface area contributed by atoms with Crippen molar-refractivity contribution in [2.45, 2.75) is 71.0 Å². The number of thioether (sulfide) groups is 1. The highest BCUT2D eigenvalue weighted by molar-refractivity contribution is 8.15. The number of aliphatic imine (C=N–C) groups is 1. The van der Waals surface area contributed by atoms with Gasteiger partial charge in [-0.25, -0.2) is 0 Å². The SMILES string of the molecule is CCCCN=C1S[C@@H](CC(=O)Nc2ccc(C(C)C)cc2)C(=O)N1CCCC. The Morgan fingerprint density at radius 2 is 1.86 bits per heavy atom. The van der Waals surface area contributed by atoms with Gasteiger partial charge in [-0.3, -0.25) is 19.5 Å². The standard InChI is InChI=1S/C22H33N3O2S/c1-5-7-13-23-22-25(14-8-6-2)21(27)19(28-22)15-20(26)24-18-11-9-17(10-12-18)16(3)4/h9-12,16,19H,5-8,13-15H2,1-4H3,(H,24,26)/t19-/m0/s1. The van der Waals surface area contributed by atoms with Crippen molar-refractivity contribution in [3.63, 3.8) is 0 Å². The lowest BCUT2D eigenvalue weighted by molar-refractivity contribution is -0.128. The highest BCUT2D eigenvalue weighted by Gasteiger charge is 2.38. The molecule has 1 aliphatic rings. The highest BCUT2D eigenvalue weighted by Crippen LogP contribution is 2.30. The van der Waals surface area contributed by atoms with Crippen molar-refractivity contribution in [2.24, 2.45) is 4.99 Å². The zero-order valence-electron chi connectivity index (χ0n) is 17.5. The number of amides is 2. The molecule has 5 nitrogen and oxygen atoms in total. The van der Waals surface area contributed by atoms with Crippen LogP contribution in [0.5, 0.6) is 0 Å². The predicted molar refractivity (Wildman–Crippen MR) is 119 cm³/mol. The van der Waals surface area contributed by atoms with Gasteiger partial charge in [0.1, 0.15) is 5.25 Å². The number of carbonyl (C=O) groups excluding carboxylic acids is 2. The van der Waals surface area contributed by atoms with E-state index in [-0.39, 0.29) is 23.5 Å². The second-order valence-corrected chi connectivity index (χ2v) is 8.67. The number of unbranched alkanes of at least 4 members (excludes halogenated alkanes) is 2. The third-order valence-electron chi connectivity index (χ3n) is 4.75. The molecule has 1 aromatic carbocycles. The third kappa shape index (κ3) is 6.36. The second-order valence-electron chi connectivity index (χ2n) is 7.50. The summed E-state index contributed by atoms with van der Waals surface area (Å²) in [4.78, 5) is 31.7. The molecule has 154 valence electrons. The first-order valence-corrected chi connectivity index (χ1v) is 11.3. The van der Waals surface area contributed by atoms with Crippen LogP contribution >= 0.6 is 11.8 Å². The zero-order chi connectivity index (χ0) is 20.5. The Kier molecular flexibility index (Phi) is 9.03. The van der Waals surface area contributed by atoms with E-state index in [0.717, 1.165) is 43.1 Å². The normalized spacial score (nSPS) is 18.3. The molecule has 6 heteroatoms. The van der Waals surface area contributed by atoms with Gasteiger partial charge in [0.25, 0.3) is 0 Å². The van der Waals surface area contributed by atoms with Crippen molar-refractivity contribution in [2.75, 3.05) is 18.4 Å². The van der Waals surface area contributed by atoms with Crippen LogP contribution in [0.1, 0.15) is 71.3 Å². The molecule has 0 aromatic heterocycles. The number of anilines is 1. The summed E-state index contributed by atoms with van der Waals surface area (Å²) >= 11 is 1.44. The molecule has 0 spiro atoms. The molecular weight excluding hydrogens is 370 g/mol. The smallest absolute Gasteiger partial charge is 0.242 e. The van der Waals surface area contributed by atoms with E-state index in [9.17, 15) is 9.59 Å². The summed E-state index contributed by atoms with van der Waals surface area (Å²) in [5.41, 5.74) is 2.00. The zero-order valence-corrected chi connectivity index (χ0v) is 18.3. The van der Waals surface area contributed by atoms with Gasteiger partial charge < -0.3 is 5.32 Å². The monoisotopic (exact) mass is 403 g/mol. The van der Waals surface area contributed by atoms with Crippen molar-refractivity contribution >= 4 is 34.4 Å². The number of nitrogens with one attached hydrogen (secondary N) is 1. The summed E-state index contributed by atoms with van der Waals surface area (Å²) in [5.74, 6) is 0.337. The fraction of sp³-hybridized carbons (Fsp3) is 0.591. The van der Waals surface area contributed by atoms with Crippen LogP contribution in [-0.2, 0) is 9.59 Å². The summed E-state index contributed by atoms with van der Waals surface area (Å²) < 4.78 is 0. The average molecular weight is 404 g/mol. The van der Waals surface area contributed by atoms with E-state index in [1.807, 2.05) is 24.3 Å². The van der Waals surface area contributed by atoms with Crippen LogP contribution in [0.15, 0.2) is 29.3 Å². The molecule has 0 bridgehead atoms. The molecule has 1 fully saturated rings. The molecule has 1 aromatic rings. The third-order valence-corrected chi connectivity index (χ3v) is 5.96. The van der Waals surface area contributed by atoms with Gasteiger partial charge >= 0.3 is 0 Å². The van der Waals surface area contributed by atoms with E-state index in [1.54, 1.807) is 4.90 Å². The summed E-state index contributed by atoms with van der Waals surface area (Å²) in [6, 6.07) is 7.89. The Bertz CT molecular complexity index is 686. The molecule has 0 unspecified atom stereocenters. The number of carbonyl (C=O) groups is 2. The molecular formula is C22H33N3O2S. The summed E-state index contributed by atoms with van der Waals surface area (Å²) in [5, 5.41) is 3.32. The quantitative estimate of drug-likeness (QED) is 0.557. The summed E-state index contributed by atoms with van der Waals surface area (Å²) in [6.07, 6.45) is 4.22. The van der Waals surface area contributed by atoms with Gasteiger partial charge in [-0.15, -0.1) is 0 Å². The van der Waals surface area contributed by atoms with Crippen LogP contribution < -0.4 is 5.32 Å². The van der Waals surface area contributed by atoms with Crippen LogP contribution in [0.4, 0.5) is 5.69 Å². The van der Waals surface area contributed by atoms with E-state index in [1.165, 1.54) is 17.3 Å². The van der Waals surface area contributed by atoms with E-state index in [0.29, 0.717) is 12.5 Å². The maximum atomic E-state index is 12.8. The number of amidine groups is 1. The van der Waals surface area contributed by atoms with Gasteiger partial charge in [0.2, 0.25) is 11.8 Å². The topological polar surface area (TPSA) is 61.8 Å². The first-order valence-electron chi connectivity index (χ1n) is 10.4. The molecule has 0 aliphatic carbocycles. The second kappa shape index (κ2) is 11.2. The van der Waals surface area contributed by atoms with Crippen molar-refractivity contribution in [1.29, 1.82) is 0 Å². The molecule has 2 amide bonds. The van der Waals surface area contributed by atoms with Crippen molar-refractivity contribution in [3.8, 4) is 0 Å². The van der Waals surface area contributed by atoms with Gasteiger partial charge in [0.15, 0.2) is 5.17 Å². The molecule has 1 aliphatic heterocycles. The Balaban J connectivity index is 1.98. The molecule has 0 radical (unpaired) electrons. The number of benzene rings is 1. The Morgan fingerprint density at radius 1 is 1.18 bits per heavy atom. The molecule has 1 heterocycles.